The molecule has 0 aromatic carbocycles. The Hall–Kier alpha value is -1.42. The van der Waals surface area contributed by atoms with E-state index >= 15 is 0 Å². The minimum Gasteiger partial charge on any atom is -0.288 e. The lowest BCUT2D eigenvalue weighted by molar-refractivity contribution is -0.111. The van der Waals surface area contributed by atoms with Gasteiger partial charge in [0.05, 0.1) is 4.91 Å². The monoisotopic (exact) mass is 236 g/mol. The van der Waals surface area contributed by atoms with Gasteiger partial charge in [0.25, 0.3) is 0 Å². The van der Waals surface area contributed by atoms with Crippen molar-refractivity contribution in [2.75, 3.05) is 0 Å². The molecule has 1 aliphatic heterocycles. The third-order valence-corrected chi connectivity index (χ3v) is 4.49. The topological polar surface area (TPSA) is 51.2 Å². The highest BCUT2D eigenvalue weighted by Gasteiger charge is 2.38. The smallest absolute Gasteiger partial charge is 0.210 e. The van der Waals surface area contributed by atoms with Gasteiger partial charge in [-0.1, -0.05) is 38.7 Å². The Bertz CT molecular complexity index is 584. The summed E-state index contributed by atoms with van der Waals surface area (Å²) in [5.41, 5.74) is -0.0200. The highest BCUT2D eigenvalue weighted by atomic mass is 32.2. The van der Waals surface area contributed by atoms with Crippen LogP contribution in [0.4, 0.5) is 0 Å². The Morgan fingerprint density at radius 2 is 1.75 bits per heavy atom. The van der Waals surface area contributed by atoms with Crippen LogP contribution in [0, 0.1) is 5.41 Å². The van der Waals surface area contributed by atoms with Crippen molar-refractivity contribution in [3.63, 3.8) is 0 Å². The molecule has 84 valence electrons. The van der Waals surface area contributed by atoms with Crippen LogP contribution < -0.4 is 0 Å². The van der Waals surface area contributed by atoms with Crippen LogP contribution in [-0.2, 0) is 14.6 Å². The van der Waals surface area contributed by atoms with Crippen LogP contribution in [0.3, 0.4) is 0 Å². The van der Waals surface area contributed by atoms with E-state index in [-0.39, 0.29) is 20.8 Å². The predicted molar refractivity (Wildman–Crippen MR) is 62.2 cm³/mol. The van der Waals surface area contributed by atoms with E-state index in [1.807, 2.05) is 19.9 Å². The number of hydrogen-bond acceptors (Lipinski definition) is 3. The average Bonchev–Trinajstić information content (AvgIpc) is 2.33. The third kappa shape index (κ3) is 1.41. The number of sulfone groups is 1. The molecule has 0 spiro atoms. The summed E-state index contributed by atoms with van der Waals surface area (Å²) >= 11 is 0. The molecule has 4 heteroatoms. The highest BCUT2D eigenvalue weighted by molar-refractivity contribution is 8.00. The molecule has 0 saturated carbocycles. The Kier molecular flexibility index (Phi) is 2.11. The molecule has 0 saturated heterocycles. The van der Waals surface area contributed by atoms with Crippen LogP contribution in [0.2, 0.25) is 0 Å². The molecule has 0 amide bonds. The fourth-order valence-electron chi connectivity index (χ4n) is 1.64. The highest BCUT2D eigenvalue weighted by Crippen LogP contribution is 2.36. The minimum atomic E-state index is -3.65. The molecule has 0 atom stereocenters. The molecule has 0 radical (unpaired) electrons. The molecule has 0 bridgehead atoms. The van der Waals surface area contributed by atoms with Gasteiger partial charge < -0.3 is 0 Å². The summed E-state index contributed by atoms with van der Waals surface area (Å²) in [7, 11) is -3.65. The Morgan fingerprint density at radius 3 is 2.38 bits per heavy atom. The number of hydrogen-bond donors (Lipinski definition) is 0. The fourth-order valence-corrected chi connectivity index (χ4v) is 2.96. The van der Waals surface area contributed by atoms with Gasteiger partial charge in [0.2, 0.25) is 15.6 Å². The van der Waals surface area contributed by atoms with E-state index in [1.54, 1.807) is 12.2 Å². The Balaban J connectivity index is 2.70. The maximum absolute atomic E-state index is 11.8. The van der Waals surface area contributed by atoms with Crippen molar-refractivity contribution in [1.29, 1.82) is 0 Å². The summed E-state index contributed by atoms with van der Waals surface area (Å²) in [5, 5.41) is 0. The molecule has 3 nitrogen and oxygen atoms in total. The van der Waals surface area contributed by atoms with E-state index in [1.165, 1.54) is 6.08 Å². The largest absolute Gasteiger partial charge is 0.288 e. The molecule has 1 heterocycles. The SMILES string of the molecule is C=C1C(=O)C2=C(C=CC(C)(C)C=C2)S1(=O)=O. The van der Waals surface area contributed by atoms with Gasteiger partial charge in [0.1, 0.15) is 4.91 Å². The molecule has 16 heavy (non-hydrogen) atoms. The van der Waals surface area contributed by atoms with E-state index in [2.05, 4.69) is 6.58 Å². The number of ketones is 1. The van der Waals surface area contributed by atoms with Crippen molar-refractivity contribution in [1.82, 2.24) is 0 Å². The van der Waals surface area contributed by atoms with Crippen molar-refractivity contribution in [3.05, 3.63) is 46.3 Å². The number of Topliss-reactive ketones (excluding diaryl/α,β-unsaturated/α-hetero) is 1. The van der Waals surface area contributed by atoms with Crippen LogP contribution in [0.5, 0.6) is 0 Å². The number of carbonyl (C=O) groups excluding carboxylic acids is 1. The second-order valence-corrected chi connectivity index (χ2v) is 6.46. The van der Waals surface area contributed by atoms with Gasteiger partial charge in [-0.15, -0.1) is 0 Å². The fraction of sp³-hybridized carbons (Fsp3) is 0.250. The Labute approximate surface area is 94.8 Å². The van der Waals surface area contributed by atoms with E-state index in [0.717, 1.165) is 0 Å². The summed E-state index contributed by atoms with van der Waals surface area (Å²) in [6, 6.07) is 0. The summed E-state index contributed by atoms with van der Waals surface area (Å²) in [6.45, 7) is 7.21. The number of rotatable bonds is 0. The van der Waals surface area contributed by atoms with Crippen LogP contribution in [0.15, 0.2) is 46.3 Å². The van der Waals surface area contributed by atoms with Crippen LogP contribution in [0.25, 0.3) is 0 Å². The lowest BCUT2D eigenvalue weighted by atomic mass is 9.93. The van der Waals surface area contributed by atoms with Gasteiger partial charge in [0.15, 0.2) is 0 Å². The summed E-state index contributed by atoms with van der Waals surface area (Å²) in [6.07, 6.45) is 6.67. The van der Waals surface area contributed by atoms with E-state index in [0.29, 0.717) is 0 Å². The minimum absolute atomic E-state index is 0.0734. The van der Waals surface area contributed by atoms with E-state index in [9.17, 15) is 13.2 Å². The van der Waals surface area contributed by atoms with Crippen molar-refractivity contribution in [2.45, 2.75) is 13.8 Å². The first-order valence-corrected chi connectivity index (χ1v) is 6.35. The Morgan fingerprint density at radius 1 is 1.19 bits per heavy atom. The maximum atomic E-state index is 11.8. The molecule has 0 aromatic rings. The van der Waals surface area contributed by atoms with Crippen molar-refractivity contribution >= 4 is 15.6 Å². The molecule has 0 aromatic heterocycles. The second-order valence-electron chi connectivity index (χ2n) is 4.52. The zero-order chi connectivity index (χ0) is 12.1. The first-order valence-electron chi connectivity index (χ1n) is 4.87. The molecular formula is C12H12O3S. The van der Waals surface area contributed by atoms with Gasteiger partial charge in [-0.25, -0.2) is 8.42 Å². The summed E-state index contributed by atoms with van der Waals surface area (Å²) in [5.74, 6) is -0.492. The zero-order valence-electron chi connectivity index (χ0n) is 9.15. The average molecular weight is 236 g/mol. The van der Waals surface area contributed by atoms with Crippen LogP contribution >= 0.6 is 0 Å². The first kappa shape index (κ1) is 11.1. The van der Waals surface area contributed by atoms with Crippen molar-refractivity contribution < 1.29 is 13.2 Å². The predicted octanol–water partition coefficient (Wildman–Crippen LogP) is 1.90. The summed E-state index contributed by atoms with van der Waals surface area (Å²) < 4.78 is 23.7. The van der Waals surface area contributed by atoms with Gasteiger partial charge in [0, 0.05) is 11.0 Å². The molecule has 0 fully saturated rings. The lowest BCUT2D eigenvalue weighted by Crippen LogP contribution is -2.06. The van der Waals surface area contributed by atoms with E-state index in [4.69, 9.17) is 0 Å². The zero-order valence-corrected chi connectivity index (χ0v) is 9.97. The van der Waals surface area contributed by atoms with Gasteiger partial charge in [-0.3, -0.25) is 4.79 Å². The van der Waals surface area contributed by atoms with Gasteiger partial charge in [-0.2, -0.15) is 0 Å². The molecule has 2 aliphatic rings. The normalized spacial score (nSPS) is 25.9. The second kappa shape index (κ2) is 3.04. The molecule has 0 unspecified atom stereocenters. The third-order valence-electron chi connectivity index (χ3n) is 2.72. The quantitative estimate of drug-likeness (QED) is 0.604. The molecule has 1 aliphatic carbocycles. The number of allylic oxidation sites excluding steroid dienone is 6. The summed E-state index contributed by atoms with van der Waals surface area (Å²) in [4.78, 5) is 11.4. The van der Waals surface area contributed by atoms with Gasteiger partial charge >= 0.3 is 0 Å². The molecule has 0 N–H and O–H groups in total. The van der Waals surface area contributed by atoms with Crippen molar-refractivity contribution in [2.24, 2.45) is 5.41 Å². The number of carbonyl (C=O) groups is 1. The first-order chi connectivity index (χ1) is 7.26. The lowest BCUT2D eigenvalue weighted by Gasteiger charge is -2.12. The van der Waals surface area contributed by atoms with E-state index < -0.39 is 15.6 Å². The standard InChI is InChI=1S/C12H12O3S/c1-8-11(13)9-4-6-12(2,3)7-5-10(9)16(8,14)15/h4-7H,1H2,2-3H3. The molecule has 2 rings (SSSR count). The van der Waals surface area contributed by atoms with Gasteiger partial charge in [-0.05, 0) is 6.08 Å². The molecular weight excluding hydrogens is 224 g/mol. The maximum Gasteiger partial charge on any atom is 0.210 e. The van der Waals surface area contributed by atoms with Crippen LogP contribution in [-0.4, -0.2) is 14.2 Å². The van der Waals surface area contributed by atoms with Crippen molar-refractivity contribution in [3.8, 4) is 0 Å². The van der Waals surface area contributed by atoms with Crippen LogP contribution in [0.1, 0.15) is 13.8 Å².